The van der Waals surface area contributed by atoms with Gasteiger partial charge in [-0.05, 0) is 45.7 Å². The second-order valence-corrected chi connectivity index (χ2v) is 5.25. The Kier molecular flexibility index (Phi) is 9.06. The number of hydrogen-bond donors (Lipinski definition) is 2. The zero-order valence-corrected chi connectivity index (χ0v) is 14.4. The summed E-state index contributed by atoms with van der Waals surface area (Å²) >= 11 is 0. The molecule has 2 N–H and O–H groups in total. The van der Waals surface area contributed by atoms with Crippen LogP contribution < -0.4 is 27.4 Å². The first-order valence-electron chi connectivity index (χ1n) is 7.35. The molecule has 5 heteroatoms. The van der Waals surface area contributed by atoms with Crippen LogP contribution in [0.3, 0.4) is 0 Å². The van der Waals surface area contributed by atoms with Crippen molar-refractivity contribution in [2.75, 3.05) is 26.2 Å². The Hall–Kier alpha value is -1.26. The highest BCUT2D eigenvalue weighted by atomic mass is 35.5. The number of quaternary nitrogens is 1. The molecule has 0 aliphatic heterocycles. The van der Waals surface area contributed by atoms with Gasteiger partial charge in [-0.1, -0.05) is 17.7 Å². The summed E-state index contributed by atoms with van der Waals surface area (Å²) in [6.45, 7) is 14.0. The van der Waals surface area contributed by atoms with Gasteiger partial charge in [0.2, 0.25) is 0 Å². The number of benzene rings is 1. The third kappa shape index (κ3) is 6.36. The smallest absolute Gasteiger partial charge is 0.412 e. The molecule has 0 bridgehead atoms. The third-order valence-corrected chi connectivity index (χ3v) is 3.55. The van der Waals surface area contributed by atoms with Crippen LogP contribution in [0.15, 0.2) is 12.1 Å². The SMILES string of the molecule is CC[NH+](CC)CCNC(=O)Oc1c(C)cc(C)cc1C.[Cl-]. The van der Waals surface area contributed by atoms with Gasteiger partial charge in [0, 0.05) is 0 Å². The average Bonchev–Trinajstić information content (AvgIpc) is 2.39. The number of ether oxygens (including phenoxy) is 1. The molecule has 1 amide bonds. The summed E-state index contributed by atoms with van der Waals surface area (Å²) < 4.78 is 5.42. The molecule has 0 saturated heterocycles. The van der Waals surface area contributed by atoms with Crippen molar-refractivity contribution >= 4 is 6.09 Å². The molecule has 0 heterocycles. The van der Waals surface area contributed by atoms with Gasteiger partial charge in [0.15, 0.2) is 0 Å². The molecule has 21 heavy (non-hydrogen) atoms. The minimum absolute atomic E-state index is 0. The van der Waals surface area contributed by atoms with E-state index >= 15 is 0 Å². The van der Waals surface area contributed by atoms with Gasteiger partial charge in [-0.3, -0.25) is 0 Å². The minimum Gasteiger partial charge on any atom is -1.00 e. The van der Waals surface area contributed by atoms with E-state index in [4.69, 9.17) is 4.74 Å². The lowest BCUT2D eigenvalue weighted by molar-refractivity contribution is -0.895. The number of nitrogens with one attached hydrogen (secondary N) is 2. The van der Waals surface area contributed by atoms with Crippen LogP contribution >= 0.6 is 0 Å². The maximum Gasteiger partial charge on any atom is 0.412 e. The summed E-state index contributed by atoms with van der Waals surface area (Å²) in [5.74, 6) is 0.670. The molecule has 4 nitrogen and oxygen atoms in total. The Morgan fingerprint density at radius 2 is 1.67 bits per heavy atom. The number of carbonyl (C=O) groups is 1. The van der Waals surface area contributed by atoms with Crippen molar-refractivity contribution in [2.24, 2.45) is 0 Å². The topological polar surface area (TPSA) is 42.8 Å². The summed E-state index contributed by atoms with van der Waals surface area (Å²) in [7, 11) is 0. The molecule has 1 aromatic rings. The van der Waals surface area contributed by atoms with Crippen molar-refractivity contribution in [1.29, 1.82) is 0 Å². The van der Waals surface area contributed by atoms with Crippen molar-refractivity contribution in [3.05, 3.63) is 28.8 Å². The van der Waals surface area contributed by atoms with Gasteiger partial charge in [-0.25, -0.2) is 4.79 Å². The summed E-state index contributed by atoms with van der Waals surface area (Å²) in [5.41, 5.74) is 3.16. The molecular weight excluding hydrogens is 288 g/mol. The molecule has 0 aliphatic carbocycles. The summed E-state index contributed by atoms with van der Waals surface area (Å²) in [4.78, 5) is 13.3. The number of aryl methyl sites for hydroxylation is 3. The lowest BCUT2D eigenvalue weighted by Crippen LogP contribution is -3.12. The van der Waals surface area contributed by atoms with Crippen LogP contribution in [0.5, 0.6) is 5.75 Å². The van der Waals surface area contributed by atoms with Crippen LogP contribution in [-0.2, 0) is 0 Å². The molecule has 0 radical (unpaired) electrons. The Morgan fingerprint density at radius 3 is 2.14 bits per heavy atom. The quantitative estimate of drug-likeness (QED) is 0.680. The molecule has 1 rings (SSSR count). The van der Waals surface area contributed by atoms with Gasteiger partial charge in [0.1, 0.15) is 5.75 Å². The highest BCUT2D eigenvalue weighted by Crippen LogP contribution is 2.24. The molecule has 0 atom stereocenters. The van der Waals surface area contributed by atoms with Crippen molar-refractivity contribution in [2.45, 2.75) is 34.6 Å². The summed E-state index contributed by atoms with van der Waals surface area (Å²) in [6, 6.07) is 4.05. The Balaban J connectivity index is 0.00000400. The highest BCUT2D eigenvalue weighted by molar-refractivity contribution is 5.71. The molecule has 120 valence electrons. The van der Waals surface area contributed by atoms with Crippen molar-refractivity contribution in [3.8, 4) is 5.75 Å². The highest BCUT2D eigenvalue weighted by Gasteiger charge is 2.11. The van der Waals surface area contributed by atoms with Crippen LogP contribution in [0.25, 0.3) is 0 Å². The molecular formula is C16H27ClN2O2. The molecule has 0 fully saturated rings. The monoisotopic (exact) mass is 314 g/mol. The average molecular weight is 315 g/mol. The summed E-state index contributed by atoms with van der Waals surface area (Å²) in [6.07, 6.45) is -0.369. The molecule has 1 aromatic carbocycles. The van der Waals surface area contributed by atoms with E-state index in [2.05, 4.69) is 19.2 Å². The van der Waals surface area contributed by atoms with Crippen molar-refractivity contribution in [3.63, 3.8) is 0 Å². The fourth-order valence-corrected chi connectivity index (χ4v) is 2.40. The first-order valence-corrected chi connectivity index (χ1v) is 7.35. The van der Waals surface area contributed by atoms with Crippen molar-refractivity contribution < 1.29 is 26.8 Å². The Morgan fingerprint density at radius 1 is 1.14 bits per heavy atom. The molecule has 0 aliphatic rings. The van der Waals surface area contributed by atoms with E-state index in [0.29, 0.717) is 12.3 Å². The first-order chi connectivity index (χ1) is 9.47. The zero-order chi connectivity index (χ0) is 15.1. The van der Waals surface area contributed by atoms with E-state index in [9.17, 15) is 4.79 Å². The Labute approximate surface area is 134 Å². The van der Waals surface area contributed by atoms with E-state index in [1.54, 1.807) is 0 Å². The standard InChI is InChI=1S/C16H26N2O2.ClH/c1-6-18(7-2)9-8-17-16(19)20-15-13(4)10-12(3)11-14(15)5;/h10-11H,6-9H2,1-5H3,(H,17,19);1H. The second-order valence-electron chi connectivity index (χ2n) is 5.25. The van der Waals surface area contributed by atoms with Crippen LogP contribution in [0.4, 0.5) is 4.79 Å². The number of rotatable bonds is 6. The lowest BCUT2D eigenvalue weighted by atomic mass is 10.1. The lowest BCUT2D eigenvalue weighted by Gasteiger charge is -2.16. The fourth-order valence-electron chi connectivity index (χ4n) is 2.40. The van der Waals surface area contributed by atoms with Crippen LogP contribution in [0.2, 0.25) is 0 Å². The number of halogens is 1. The van der Waals surface area contributed by atoms with Crippen molar-refractivity contribution in [1.82, 2.24) is 5.32 Å². The Bertz CT molecular complexity index is 437. The van der Waals surface area contributed by atoms with E-state index in [1.807, 2.05) is 32.9 Å². The molecule has 0 unspecified atom stereocenters. The number of likely N-dealkylation sites (N-methyl/N-ethyl adjacent to an activating group) is 1. The van der Waals surface area contributed by atoms with E-state index in [1.165, 1.54) is 10.5 Å². The van der Waals surface area contributed by atoms with Gasteiger partial charge in [-0.2, -0.15) is 0 Å². The van der Waals surface area contributed by atoms with Crippen LogP contribution in [0.1, 0.15) is 30.5 Å². The third-order valence-electron chi connectivity index (χ3n) is 3.55. The van der Waals surface area contributed by atoms with Crippen LogP contribution in [-0.4, -0.2) is 32.3 Å². The predicted molar refractivity (Wildman–Crippen MR) is 81.6 cm³/mol. The first kappa shape index (κ1) is 19.7. The van der Waals surface area contributed by atoms with E-state index < -0.39 is 0 Å². The number of amides is 1. The normalized spacial score (nSPS) is 10.2. The number of hydrogen-bond acceptors (Lipinski definition) is 2. The molecule has 0 aromatic heterocycles. The van der Waals surface area contributed by atoms with E-state index in [0.717, 1.165) is 30.8 Å². The fraction of sp³-hybridized carbons (Fsp3) is 0.562. The van der Waals surface area contributed by atoms with Gasteiger partial charge in [0.05, 0.1) is 26.2 Å². The maximum absolute atomic E-state index is 11.8. The second kappa shape index (κ2) is 9.64. The van der Waals surface area contributed by atoms with Gasteiger partial charge < -0.3 is 27.4 Å². The largest absolute Gasteiger partial charge is 1.00 e. The minimum atomic E-state index is -0.369. The van der Waals surface area contributed by atoms with Gasteiger partial charge in [-0.15, -0.1) is 0 Å². The van der Waals surface area contributed by atoms with Gasteiger partial charge in [0.25, 0.3) is 0 Å². The molecule has 0 saturated carbocycles. The van der Waals surface area contributed by atoms with Gasteiger partial charge >= 0.3 is 6.09 Å². The summed E-state index contributed by atoms with van der Waals surface area (Å²) in [5, 5.41) is 2.82. The maximum atomic E-state index is 11.8. The zero-order valence-electron chi connectivity index (χ0n) is 13.7. The number of carbonyl (C=O) groups excluding carboxylic acids is 1. The molecule has 0 spiro atoms. The predicted octanol–water partition coefficient (Wildman–Crippen LogP) is -1.37. The van der Waals surface area contributed by atoms with Crippen LogP contribution in [0, 0.1) is 20.8 Å². The van der Waals surface area contributed by atoms with E-state index in [-0.39, 0.29) is 18.5 Å².